The van der Waals surface area contributed by atoms with Crippen molar-refractivity contribution in [3.05, 3.63) is 95.1 Å². The molecule has 0 saturated heterocycles. The Morgan fingerprint density at radius 2 is 1.64 bits per heavy atom. The van der Waals surface area contributed by atoms with E-state index in [-0.39, 0.29) is 22.4 Å². The summed E-state index contributed by atoms with van der Waals surface area (Å²) in [6.45, 7) is 0.507. The Labute approximate surface area is 244 Å². The summed E-state index contributed by atoms with van der Waals surface area (Å²) in [5.74, 6) is 0.294. The summed E-state index contributed by atoms with van der Waals surface area (Å²) in [6.07, 6.45) is -3.41. The standard InChI is InChI=1S/C28H19ClF5N3O2.O2S/c1-15-4-3-5-17(12-15)18-6-8-22(37-11-10-24(36-37)28(32,33)34)20(13-18)25-26(38-16(2)35-25)19-7-9-23(21(29)14-19)39-27(30)31;1-3-2/h3-14,27H,1-2H3;. The highest BCUT2D eigenvalue weighted by Gasteiger charge is 2.34. The average Bonchev–Trinajstić information content (AvgIpc) is 3.57. The van der Waals surface area contributed by atoms with Gasteiger partial charge in [0.15, 0.2) is 17.3 Å². The Morgan fingerprint density at radius 1 is 0.952 bits per heavy atom. The van der Waals surface area contributed by atoms with Crippen LogP contribution in [0.25, 0.3) is 39.4 Å². The van der Waals surface area contributed by atoms with Crippen LogP contribution in [0.1, 0.15) is 17.1 Å². The first-order valence-electron chi connectivity index (χ1n) is 11.9. The second-order valence-corrected chi connectivity index (χ2v) is 9.29. The molecule has 0 aliphatic rings. The number of hydrogen-bond donors (Lipinski definition) is 0. The van der Waals surface area contributed by atoms with Crippen molar-refractivity contribution in [3.63, 3.8) is 0 Å². The molecule has 0 unspecified atom stereocenters. The monoisotopic (exact) mass is 623 g/mol. The Morgan fingerprint density at radius 3 is 2.26 bits per heavy atom. The van der Waals surface area contributed by atoms with Crippen LogP contribution in [0, 0.1) is 13.8 Å². The van der Waals surface area contributed by atoms with E-state index in [9.17, 15) is 22.0 Å². The minimum Gasteiger partial charge on any atom is -0.440 e. The summed E-state index contributed by atoms with van der Waals surface area (Å²) >= 11 is 5.43. The molecule has 0 atom stereocenters. The van der Waals surface area contributed by atoms with E-state index in [1.165, 1.54) is 24.4 Å². The molecule has 0 radical (unpaired) electrons. The van der Waals surface area contributed by atoms with Crippen LogP contribution in [0.4, 0.5) is 22.0 Å². The number of benzene rings is 3. The predicted molar refractivity (Wildman–Crippen MR) is 145 cm³/mol. The van der Waals surface area contributed by atoms with Gasteiger partial charge in [0.1, 0.15) is 11.4 Å². The number of hydrogen-bond acceptors (Lipinski definition) is 6. The Kier molecular flexibility index (Phi) is 9.22. The maximum absolute atomic E-state index is 13.3. The van der Waals surface area contributed by atoms with Gasteiger partial charge in [-0.2, -0.15) is 35.5 Å². The molecule has 0 N–H and O–H groups in total. The largest absolute Gasteiger partial charge is 0.440 e. The number of alkyl halides is 5. The van der Waals surface area contributed by atoms with Gasteiger partial charge in [0.2, 0.25) is 0 Å². The van der Waals surface area contributed by atoms with Crippen LogP contribution in [0.3, 0.4) is 0 Å². The predicted octanol–water partition coefficient (Wildman–Crippen LogP) is 8.08. The molecule has 0 aliphatic heterocycles. The van der Waals surface area contributed by atoms with Gasteiger partial charge in [0.25, 0.3) is 0 Å². The minimum absolute atomic E-state index is 0.0802. The lowest BCUT2D eigenvalue weighted by molar-refractivity contribution is -0.141. The average molecular weight is 624 g/mol. The summed E-state index contributed by atoms with van der Waals surface area (Å²) in [6, 6.07) is 18.0. The van der Waals surface area contributed by atoms with Crippen LogP contribution in [0.15, 0.2) is 77.3 Å². The highest BCUT2D eigenvalue weighted by atomic mass is 35.5. The fourth-order valence-corrected chi connectivity index (χ4v) is 4.40. The Bertz CT molecular complexity index is 1760. The van der Waals surface area contributed by atoms with Crippen LogP contribution >= 0.6 is 11.6 Å². The number of rotatable bonds is 6. The molecule has 0 saturated carbocycles. The fraction of sp³-hybridized carbons (Fsp3) is 0.143. The number of nitrogens with zero attached hydrogens (tertiary/aromatic N) is 3. The normalized spacial score (nSPS) is 11.3. The molecule has 14 heteroatoms. The topological polar surface area (TPSA) is 87.2 Å². The molecule has 0 amide bonds. The third-order valence-corrected chi connectivity index (χ3v) is 6.17. The first-order valence-corrected chi connectivity index (χ1v) is 12.9. The van der Waals surface area contributed by atoms with Crippen LogP contribution in [0.2, 0.25) is 5.02 Å². The van der Waals surface area contributed by atoms with Crippen molar-refractivity contribution in [2.75, 3.05) is 0 Å². The molecule has 0 fully saturated rings. The summed E-state index contributed by atoms with van der Waals surface area (Å²) < 4.78 is 93.4. The highest BCUT2D eigenvalue weighted by Crippen LogP contribution is 2.40. The lowest BCUT2D eigenvalue weighted by atomic mass is 9.97. The third-order valence-electron chi connectivity index (χ3n) is 5.87. The van der Waals surface area contributed by atoms with Gasteiger partial charge < -0.3 is 9.15 Å². The van der Waals surface area contributed by atoms with Crippen LogP contribution in [0.5, 0.6) is 5.75 Å². The van der Waals surface area contributed by atoms with Gasteiger partial charge >= 0.3 is 24.4 Å². The molecule has 0 bridgehead atoms. The van der Waals surface area contributed by atoms with E-state index in [1.54, 1.807) is 25.1 Å². The van der Waals surface area contributed by atoms with Gasteiger partial charge in [-0.25, -0.2) is 9.67 Å². The second-order valence-electron chi connectivity index (χ2n) is 8.75. The second kappa shape index (κ2) is 12.7. The molecule has 0 aliphatic carbocycles. The van der Waals surface area contributed by atoms with E-state index in [2.05, 4.69) is 14.8 Å². The van der Waals surface area contributed by atoms with Crippen molar-refractivity contribution in [2.24, 2.45) is 0 Å². The molecule has 0 spiro atoms. The van der Waals surface area contributed by atoms with Gasteiger partial charge in [-0.1, -0.05) is 47.5 Å². The third kappa shape index (κ3) is 6.92. The molecule has 3 aromatic carbocycles. The van der Waals surface area contributed by atoms with Crippen LogP contribution in [-0.4, -0.2) is 29.8 Å². The van der Waals surface area contributed by atoms with Crippen molar-refractivity contribution in [3.8, 4) is 45.1 Å². The van der Waals surface area contributed by atoms with Gasteiger partial charge in [0, 0.05) is 24.2 Å². The zero-order valence-corrected chi connectivity index (χ0v) is 23.2. The summed E-state index contributed by atoms with van der Waals surface area (Å²) in [5.41, 5.74) is 3.11. The smallest absolute Gasteiger partial charge is 0.435 e. The van der Waals surface area contributed by atoms with Crippen LogP contribution in [-0.2, 0) is 17.7 Å². The van der Waals surface area contributed by atoms with Crippen molar-refractivity contribution < 1.29 is 39.5 Å². The maximum Gasteiger partial charge on any atom is 0.435 e. The summed E-state index contributed by atoms with van der Waals surface area (Å²) in [7, 11) is 0. The van der Waals surface area contributed by atoms with Crippen molar-refractivity contribution in [1.82, 2.24) is 14.8 Å². The molecule has 5 rings (SSSR count). The first-order chi connectivity index (χ1) is 19.9. The molecule has 218 valence electrons. The van der Waals surface area contributed by atoms with Crippen molar-refractivity contribution >= 4 is 23.2 Å². The van der Waals surface area contributed by atoms with Gasteiger partial charge in [-0.05, 0) is 54.4 Å². The Balaban J connectivity index is 0.00000129. The van der Waals surface area contributed by atoms with E-state index in [0.29, 0.717) is 22.5 Å². The molecule has 42 heavy (non-hydrogen) atoms. The van der Waals surface area contributed by atoms with E-state index >= 15 is 0 Å². The van der Waals surface area contributed by atoms with E-state index in [0.717, 1.165) is 27.4 Å². The summed E-state index contributed by atoms with van der Waals surface area (Å²) in [4.78, 5) is 4.53. The number of aromatic nitrogens is 3. The fourth-order valence-electron chi connectivity index (χ4n) is 4.18. The van der Waals surface area contributed by atoms with Crippen molar-refractivity contribution in [2.45, 2.75) is 26.6 Å². The minimum atomic E-state index is -4.62. The molecule has 7 nitrogen and oxygen atoms in total. The highest BCUT2D eigenvalue weighted by molar-refractivity contribution is 7.51. The quantitative estimate of drug-likeness (QED) is 0.178. The van der Waals surface area contributed by atoms with Crippen molar-refractivity contribution in [1.29, 1.82) is 0 Å². The molecular formula is C28H19ClF5N3O4S. The molecule has 5 aromatic rings. The van der Waals surface area contributed by atoms with Gasteiger partial charge in [0.05, 0.1) is 10.7 Å². The number of ether oxygens (including phenoxy) is 1. The SMILES string of the molecule is Cc1cccc(-c2ccc(-n3ccc(C(F)(F)F)n3)c(-c3nc(C)oc3-c3ccc(OC(F)F)c(Cl)c3)c2)c1.O=S=O. The Hall–Kier alpha value is -4.36. The number of oxazole rings is 1. The van der Waals surface area contributed by atoms with E-state index in [4.69, 9.17) is 24.4 Å². The van der Waals surface area contributed by atoms with Gasteiger partial charge in [-0.3, -0.25) is 0 Å². The molecular weight excluding hydrogens is 605 g/mol. The molecule has 2 aromatic heterocycles. The first kappa shape index (κ1) is 30.6. The summed E-state index contributed by atoms with van der Waals surface area (Å²) in [5, 5.41) is 3.66. The number of aryl methyl sites for hydroxylation is 2. The zero-order valence-electron chi connectivity index (χ0n) is 21.7. The van der Waals surface area contributed by atoms with E-state index < -0.39 is 30.1 Å². The number of halogens is 6. The molecule has 2 heterocycles. The zero-order chi connectivity index (χ0) is 30.6. The van der Waals surface area contributed by atoms with E-state index in [1.807, 2.05) is 31.2 Å². The van der Waals surface area contributed by atoms with Crippen LogP contribution < -0.4 is 4.74 Å². The lowest BCUT2D eigenvalue weighted by Gasteiger charge is -2.13. The maximum atomic E-state index is 13.3. The lowest BCUT2D eigenvalue weighted by Crippen LogP contribution is -2.07. The van der Waals surface area contributed by atoms with Gasteiger partial charge in [-0.15, -0.1) is 0 Å².